The van der Waals surface area contributed by atoms with Gasteiger partial charge in [0.25, 0.3) is 0 Å². The number of benzene rings is 2. The van der Waals surface area contributed by atoms with Crippen LogP contribution in [0.3, 0.4) is 0 Å². The van der Waals surface area contributed by atoms with Gasteiger partial charge in [0.1, 0.15) is 0 Å². The third kappa shape index (κ3) is 4.19. The molecule has 2 heteroatoms. The highest BCUT2D eigenvalue weighted by Gasteiger charge is 2.10. The summed E-state index contributed by atoms with van der Waals surface area (Å²) in [6.45, 7) is 4.74. The molecule has 0 bridgehead atoms. The molecule has 1 fully saturated rings. The summed E-state index contributed by atoms with van der Waals surface area (Å²) in [5.74, 6) is 6.39. The van der Waals surface area contributed by atoms with Crippen LogP contribution in [0.4, 0.5) is 0 Å². The Bertz CT molecular complexity index is 616. The molecule has 0 amide bonds. The van der Waals surface area contributed by atoms with Crippen molar-refractivity contribution in [3.05, 3.63) is 71.3 Å². The molecule has 1 heterocycles. The zero-order valence-corrected chi connectivity index (χ0v) is 12.1. The van der Waals surface area contributed by atoms with Crippen molar-refractivity contribution in [3.63, 3.8) is 0 Å². The van der Waals surface area contributed by atoms with Crippen molar-refractivity contribution in [3.8, 4) is 11.8 Å². The van der Waals surface area contributed by atoms with Crippen molar-refractivity contribution in [1.29, 1.82) is 0 Å². The molecule has 1 aliphatic rings. The third-order valence-corrected chi connectivity index (χ3v) is 3.59. The van der Waals surface area contributed by atoms with Crippen molar-refractivity contribution in [2.75, 3.05) is 26.3 Å². The van der Waals surface area contributed by atoms with Gasteiger partial charge in [-0.3, -0.25) is 4.90 Å². The zero-order valence-electron chi connectivity index (χ0n) is 12.1. The van der Waals surface area contributed by atoms with Crippen LogP contribution in [-0.2, 0) is 11.3 Å². The van der Waals surface area contributed by atoms with Crippen LogP contribution in [0.15, 0.2) is 54.6 Å². The molecule has 0 radical (unpaired) electrons. The van der Waals surface area contributed by atoms with Gasteiger partial charge in [-0.25, -0.2) is 0 Å². The molecule has 0 atom stereocenters. The molecule has 0 spiro atoms. The van der Waals surface area contributed by atoms with Crippen LogP contribution < -0.4 is 0 Å². The maximum atomic E-state index is 5.37. The van der Waals surface area contributed by atoms with E-state index in [0.717, 1.165) is 44.0 Å². The molecule has 3 rings (SSSR count). The van der Waals surface area contributed by atoms with Crippen LogP contribution in [0, 0.1) is 11.8 Å². The Hall–Kier alpha value is -2.08. The molecule has 0 aliphatic carbocycles. The Kier molecular flexibility index (Phi) is 4.68. The van der Waals surface area contributed by atoms with Crippen LogP contribution >= 0.6 is 0 Å². The zero-order chi connectivity index (χ0) is 14.3. The van der Waals surface area contributed by atoms with E-state index >= 15 is 0 Å². The Morgan fingerprint density at radius 2 is 1.43 bits per heavy atom. The second-order valence-corrected chi connectivity index (χ2v) is 5.20. The number of ether oxygens (including phenoxy) is 1. The molecule has 21 heavy (non-hydrogen) atoms. The Balaban J connectivity index is 1.63. The predicted molar refractivity (Wildman–Crippen MR) is 85.0 cm³/mol. The van der Waals surface area contributed by atoms with Crippen LogP contribution in [0.5, 0.6) is 0 Å². The van der Waals surface area contributed by atoms with E-state index in [0.29, 0.717) is 0 Å². The Morgan fingerprint density at radius 1 is 0.810 bits per heavy atom. The van der Waals surface area contributed by atoms with Crippen molar-refractivity contribution in [2.45, 2.75) is 6.54 Å². The molecule has 2 aromatic rings. The minimum absolute atomic E-state index is 0.848. The third-order valence-electron chi connectivity index (χ3n) is 3.59. The lowest BCUT2D eigenvalue weighted by molar-refractivity contribution is 0.0342. The van der Waals surface area contributed by atoms with E-state index in [1.807, 2.05) is 30.3 Å². The second-order valence-electron chi connectivity index (χ2n) is 5.20. The molecule has 0 unspecified atom stereocenters. The van der Waals surface area contributed by atoms with Crippen molar-refractivity contribution >= 4 is 0 Å². The number of morpholine rings is 1. The first-order chi connectivity index (χ1) is 10.4. The van der Waals surface area contributed by atoms with E-state index in [4.69, 9.17) is 4.74 Å². The lowest BCUT2D eigenvalue weighted by atomic mass is 10.1. The number of hydrogen-bond donors (Lipinski definition) is 0. The highest BCUT2D eigenvalue weighted by molar-refractivity contribution is 5.43. The Labute approximate surface area is 126 Å². The fourth-order valence-corrected chi connectivity index (χ4v) is 2.38. The smallest absolute Gasteiger partial charge is 0.0594 e. The Morgan fingerprint density at radius 3 is 2.10 bits per heavy atom. The van der Waals surface area contributed by atoms with Gasteiger partial charge in [-0.1, -0.05) is 42.2 Å². The van der Waals surface area contributed by atoms with Crippen LogP contribution in [0.1, 0.15) is 16.7 Å². The average Bonchev–Trinajstić information content (AvgIpc) is 2.56. The van der Waals surface area contributed by atoms with E-state index in [1.165, 1.54) is 5.56 Å². The fraction of sp³-hybridized carbons (Fsp3) is 0.263. The van der Waals surface area contributed by atoms with Gasteiger partial charge in [0.05, 0.1) is 13.2 Å². The molecule has 1 aliphatic heterocycles. The van der Waals surface area contributed by atoms with E-state index in [9.17, 15) is 0 Å². The largest absolute Gasteiger partial charge is 0.379 e. The maximum Gasteiger partial charge on any atom is 0.0594 e. The summed E-state index contributed by atoms with van der Waals surface area (Å²) in [4.78, 5) is 2.42. The normalized spacial score (nSPS) is 15.2. The fourth-order valence-electron chi connectivity index (χ4n) is 2.38. The van der Waals surface area contributed by atoms with Gasteiger partial charge in [0, 0.05) is 30.8 Å². The van der Waals surface area contributed by atoms with Gasteiger partial charge in [-0.2, -0.15) is 0 Å². The molecule has 0 N–H and O–H groups in total. The summed E-state index contributed by atoms with van der Waals surface area (Å²) < 4.78 is 5.37. The second kappa shape index (κ2) is 7.08. The standard InChI is InChI=1S/C19H19NO/c1-2-4-17(5-3-1)6-7-18-8-10-19(11-9-18)16-20-12-14-21-15-13-20/h1-5,8-11H,12-16H2. The molecular weight excluding hydrogens is 258 g/mol. The molecule has 0 saturated carbocycles. The molecule has 1 saturated heterocycles. The molecule has 2 aromatic carbocycles. The first-order valence-corrected chi connectivity index (χ1v) is 7.36. The molecule has 106 valence electrons. The maximum absolute atomic E-state index is 5.37. The topological polar surface area (TPSA) is 12.5 Å². The van der Waals surface area contributed by atoms with Gasteiger partial charge in [-0.15, -0.1) is 0 Å². The summed E-state index contributed by atoms with van der Waals surface area (Å²) in [6.07, 6.45) is 0. The lowest BCUT2D eigenvalue weighted by Crippen LogP contribution is -2.35. The first kappa shape index (κ1) is 13.9. The molecular formula is C19H19NO. The van der Waals surface area contributed by atoms with E-state index in [2.05, 4.69) is 41.0 Å². The van der Waals surface area contributed by atoms with Crippen LogP contribution in [0.2, 0.25) is 0 Å². The quantitative estimate of drug-likeness (QED) is 0.783. The summed E-state index contributed by atoms with van der Waals surface area (Å²) >= 11 is 0. The summed E-state index contributed by atoms with van der Waals surface area (Å²) in [5.41, 5.74) is 3.45. The predicted octanol–water partition coefficient (Wildman–Crippen LogP) is 2.92. The van der Waals surface area contributed by atoms with Crippen LogP contribution in [0.25, 0.3) is 0 Å². The first-order valence-electron chi connectivity index (χ1n) is 7.36. The minimum atomic E-state index is 0.848. The van der Waals surface area contributed by atoms with Gasteiger partial charge in [0.2, 0.25) is 0 Å². The minimum Gasteiger partial charge on any atom is -0.379 e. The van der Waals surface area contributed by atoms with E-state index < -0.39 is 0 Å². The van der Waals surface area contributed by atoms with Crippen LogP contribution in [-0.4, -0.2) is 31.2 Å². The highest BCUT2D eigenvalue weighted by Crippen LogP contribution is 2.09. The van der Waals surface area contributed by atoms with Gasteiger partial charge in [-0.05, 0) is 29.8 Å². The van der Waals surface area contributed by atoms with Gasteiger partial charge in [0.15, 0.2) is 0 Å². The SMILES string of the molecule is C(#Cc1ccc(CN2CCOCC2)cc1)c1ccccc1. The van der Waals surface area contributed by atoms with E-state index in [-0.39, 0.29) is 0 Å². The van der Waals surface area contributed by atoms with E-state index in [1.54, 1.807) is 0 Å². The number of nitrogens with zero attached hydrogens (tertiary/aromatic N) is 1. The monoisotopic (exact) mass is 277 g/mol. The molecule has 0 aromatic heterocycles. The number of rotatable bonds is 2. The summed E-state index contributed by atoms with van der Waals surface area (Å²) in [5, 5.41) is 0. The summed E-state index contributed by atoms with van der Waals surface area (Å²) in [7, 11) is 0. The van der Waals surface area contributed by atoms with Crippen molar-refractivity contribution < 1.29 is 4.74 Å². The average molecular weight is 277 g/mol. The van der Waals surface area contributed by atoms with Crippen molar-refractivity contribution in [2.24, 2.45) is 0 Å². The van der Waals surface area contributed by atoms with Gasteiger partial charge >= 0.3 is 0 Å². The van der Waals surface area contributed by atoms with Gasteiger partial charge < -0.3 is 4.74 Å². The molecule has 2 nitrogen and oxygen atoms in total. The highest BCUT2D eigenvalue weighted by atomic mass is 16.5. The van der Waals surface area contributed by atoms with Crippen molar-refractivity contribution in [1.82, 2.24) is 4.90 Å². The number of hydrogen-bond acceptors (Lipinski definition) is 2. The summed E-state index contributed by atoms with van der Waals surface area (Å²) in [6, 6.07) is 18.6. The lowest BCUT2D eigenvalue weighted by Gasteiger charge is -2.26.